The first-order valence-corrected chi connectivity index (χ1v) is 5.62. The molecule has 0 fully saturated rings. The summed E-state index contributed by atoms with van der Waals surface area (Å²) in [4.78, 5) is 21.6. The lowest BCUT2D eigenvalue weighted by atomic mass is 10.3. The van der Waals surface area contributed by atoms with Crippen molar-refractivity contribution in [1.82, 2.24) is 25.4 Å². The molecule has 0 atom stereocenters. The molecule has 2 aromatic heterocycles. The number of aryl methyl sites for hydroxylation is 2. The summed E-state index contributed by atoms with van der Waals surface area (Å²) in [7, 11) is 1.42. The number of aromatic nitrogens is 4. The van der Waals surface area contributed by atoms with E-state index >= 15 is 0 Å². The van der Waals surface area contributed by atoms with Gasteiger partial charge in [-0.25, -0.2) is 10.1 Å². The maximum absolute atomic E-state index is 13.6. The van der Waals surface area contributed by atoms with E-state index in [0.29, 0.717) is 5.69 Å². The number of amides is 1. The van der Waals surface area contributed by atoms with Crippen LogP contribution < -0.4 is 5.43 Å². The number of hydrazone groups is 1. The first-order valence-electron chi connectivity index (χ1n) is 5.62. The number of nitrogens with one attached hydrogen (secondary N) is 2. The van der Waals surface area contributed by atoms with E-state index in [1.807, 2.05) is 5.43 Å². The summed E-state index contributed by atoms with van der Waals surface area (Å²) in [5, 5.41) is 23.6. The third-order valence-electron chi connectivity index (χ3n) is 2.60. The van der Waals surface area contributed by atoms with Crippen molar-refractivity contribution in [2.45, 2.75) is 6.92 Å². The fourth-order valence-electron chi connectivity index (χ4n) is 1.59. The van der Waals surface area contributed by atoms with Gasteiger partial charge in [-0.3, -0.25) is 20.0 Å². The second kappa shape index (κ2) is 5.48. The Morgan fingerprint density at radius 3 is 2.95 bits per heavy atom. The third kappa shape index (κ3) is 2.75. The van der Waals surface area contributed by atoms with Crippen LogP contribution in [0.4, 0.5) is 10.1 Å². The molecule has 21 heavy (non-hydrogen) atoms. The maximum Gasteiger partial charge on any atom is 0.319 e. The van der Waals surface area contributed by atoms with Gasteiger partial charge < -0.3 is 0 Å². The molecule has 0 bridgehead atoms. The standard InChI is InChI=1S/C10H10FN7O3/c1-5-6(9(11)17(2)16-5)3-12-15-10(19)8-7(18(20)21)4-13-14-8/h3-4H,1-2H3,(H,13,14)(H,15,19). The Morgan fingerprint density at radius 1 is 1.67 bits per heavy atom. The first-order chi connectivity index (χ1) is 9.91. The van der Waals surface area contributed by atoms with Crippen molar-refractivity contribution >= 4 is 17.8 Å². The zero-order valence-electron chi connectivity index (χ0n) is 11.0. The molecule has 2 heterocycles. The summed E-state index contributed by atoms with van der Waals surface area (Å²) in [5.74, 6) is -1.48. The predicted octanol–water partition coefficient (Wildman–Crippen LogP) is 0.263. The van der Waals surface area contributed by atoms with E-state index in [9.17, 15) is 19.3 Å². The number of nitro groups is 1. The topological polar surface area (TPSA) is 131 Å². The van der Waals surface area contributed by atoms with Gasteiger partial charge in [0.25, 0.3) is 5.91 Å². The van der Waals surface area contributed by atoms with Crippen molar-refractivity contribution in [3.63, 3.8) is 0 Å². The Balaban J connectivity index is 2.12. The number of carbonyl (C=O) groups is 1. The number of hydrogen-bond acceptors (Lipinski definition) is 6. The van der Waals surface area contributed by atoms with Crippen LogP contribution in [0.1, 0.15) is 21.7 Å². The van der Waals surface area contributed by atoms with Gasteiger partial charge in [0, 0.05) is 7.05 Å². The van der Waals surface area contributed by atoms with E-state index in [-0.39, 0.29) is 11.3 Å². The lowest BCUT2D eigenvalue weighted by Gasteiger charge is -1.96. The molecule has 1 amide bonds. The number of halogens is 1. The molecule has 10 nitrogen and oxygen atoms in total. The second-order valence-electron chi connectivity index (χ2n) is 4.00. The summed E-state index contributed by atoms with van der Waals surface area (Å²) in [5.41, 5.74) is 1.71. The summed E-state index contributed by atoms with van der Waals surface area (Å²) in [6.45, 7) is 1.58. The van der Waals surface area contributed by atoms with Gasteiger partial charge in [0.1, 0.15) is 6.20 Å². The van der Waals surface area contributed by atoms with E-state index in [4.69, 9.17) is 0 Å². The molecule has 2 N–H and O–H groups in total. The molecule has 0 aliphatic heterocycles. The zero-order valence-corrected chi connectivity index (χ0v) is 11.0. The Morgan fingerprint density at radius 2 is 2.38 bits per heavy atom. The quantitative estimate of drug-likeness (QED) is 0.474. The summed E-state index contributed by atoms with van der Waals surface area (Å²) >= 11 is 0. The normalized spacial score (nSPS) is 11.0. The highest BCUT2D eigenvalue weighted by atomic mass is 19.1. The monoisotopic (exact) mass is 295 g/mol. The number of nitrogens with zero attached hydrogens (tertiary/aromatic N) is 5. The van der Waals surface area contributed by atoms with E-state index in [2.05, 4.69) is 20.4 Å². The van der Waals surface area contributed by atoms with Crippen molar-refractivity contribution in [3.8, 4) is 0 Å². The van der Waals surface area contributed by atoms with Crippen LogP contribution in [0.2, 0.25) is 0 Å². The maximum atomic E-state index is 13.6. The highest BCUT2D eigenvalue weighted by Crippen LogP contribution is 2.14. The summed E-state index contributed by atoms with van der Waals surface area (Å²) in [6.07, 6.45) is 1.97. The molecule has 0 aromatic carbocycles. The van der Waals surface area contributed by atoms with Crippen LogP contribution in [-0.2, 0) is 7.05 Å². The molecule has 2 aromatic rings. The van der Waals surface area contributed by atoms with Gasteiger partial charge in [-0.05, 0) is 6.92 Å². The van der Waals surface area contributed by atoms with Crippen LogP contribution in [0.25, 0.3) is 0 Å². The molecular weight excluding hydrogens is 285 g/mol. The molecule has 0 spiro atoms. The molecule has 0 aliphatic carbocycles. The lowest BCUT2D eigenvalue weighted by Crippen LogP contribution is -2.19. The van der Waals surface area contributed by atoms with E-state index in [1.54, 1.807) is 6.92 Å². The molecule has 0 radical (unpaired) electrons. The van der Waals surface area contributed by atoms with E-state index in [1.165, 1.54) is 7.05 Å². The Bertz CT molecular complexity index is 733. The van der Waals surface area contributed by atoms with Gasteiger partial charge in [-0.15, -0.1) is 0 Å². The highest BCUT2D eigenvalue weighted by Gasteiger charge is 2.22. The van der Waals surface area contributed by atoms with Crippen LogP contribution >= 0.6 is 0 Å². The predicted molar refractivity (Wildman–Crippen MR) is 68.2 cm³/mol. The molecule has 110 valence electrons. The molecule has 0 unspecified atom stereocenters. The molecule has 0 saturated heterocycles. The van der Waals surface area contributed by atoms with Gasteiger partial charge in [0.2, 0.25) is 11.6 Å². The Labute approximate surface area is 116 Å². The van der Waals surface area contributed by atoms with Crippen molar-refractivity contribution in [3.05, 3.63) is 39.2 Å². The van der Waals surface area contributed by atoms with Crippen molar-refractivity contribution < 1.29 is 14.1 Å². The number of aromatic amines is 1. The molecule has 0 aliphatic rings. The minimum absolute atomic E-state index is 0.108. The molecule has 11 heteroatoms. The fraction of sp³-hybridized carbons (Fsp3) is 0.200. The van der Waals surface area contributed by atoms with Crippen LogP contribution in [0, 0.1) is 23.0 Å². The van der Waals surface area contributed by atoms with E-state index < -0.39 is 22.5 Å². The number of H-pyrrole nitrogens is 1. The van der Waals surface area contributed by atoms with Crippen LogP contribution in [0.3, 0.4) is 0 Å². The van der Waals surface area contributed by atoms with E-state index in [0.717, 1.165) is 17.1 Å². The average molecular weight is 295 g/mol. The van der Waals surface area contributed by atoms with Gasteiger partial charge in [-0.2, -0.15) is 19.7 Å². The largest absolute Gasteiger partial charge is 0.319 e. The lowest BCUT2D eigenvalue weighted by molar-refractivity contribution is -0.385. The van der Waals surface area contributed by atoms with Gasteiger partial charge in [-0.1, -0.05) is 0 Å². The minimum atomic E-state index is -0.864. The number of rotatable bonds is 4. The van der Waals surface area contributed by atoms with Crippen LogP contribution in [0.15, 0.2) is 11.3 Å². The average Bonchev–Trinajstić information content (AvgIpc) is 2.99. The molecule has 0 saturated carbocycles. The smallest absolute Gasteiger partial charge is 0.267 e. The first kappa shape index (κ1) is 14.3. The molecule has 2 rings (SSSR count). The van der Waals surface area contributed by atoms with Gasteiger partial charge >= 0.3 is 5.69 Å². The minimum Gasteiger partial charge on any atom is -0.267 e. The van der Waals surface area contributed by atoms with Gasteiger partial charge in [0.15, 0.2) is 0 Å². The highest BCUT2D eigenvalue weighted by molar-refractivity contribution is 5.96. The number of hydrogen-bond donors (Lipinski definition) is 2. The summed E-state index contributed by atoms with van der Waals surface area (Å²) in [6, 6.07) is 0. The fourth-order valence-corrected chi connectivity index (χ4v) is 1.59. The second-order valence-corrected chi connectivity index (χ2v) is 4.00. The van der Waals surface area contributed by atoms with Gasteiger partial charge in [0.05, 0.1) is 22.4 Å². The van der Waals surface area contributed by atoms with Crippen molar-refractivity contribution in [2.75, 3.05) is 0 Å². The molecular formula is C10H10FN7O3. The summed E-state index contributed by atoms with van der Waals surface area (Å²) < 4.78 is 14.6. The van der Waals surface area contributed by atoms with Crippen LogP contribution in [-0.4, -0.2) is 37.0 Å². The Hall–Kier alpha value is -3.11. The van der Waals surface area contributed by atoms with Crippen molar-refractivity contribution in [2.24, 2.45) is 12.1 Å². The Kier molecular flexibility index (Phi) is 3.73. The number of carbonyl (C=O) groups excluding carboxylic acids is 1. The third-order valence-corrected chi connectivity index (χ3v) is 2.60. The SMILES string of the molecule is Cc1nn(C)c(F)c1C=NNC(=O)c1[nH]ncc1[N+](=O)[O-]. The van der Waals surface area contributed by atoms with Crippen molar-refractivity contribution in [1.29, 1.82) is 0 Å². The van der Waals surface area contributed by atoms with Crippen LogP contribution in [0.5, 0.6) is 0 Å². The zero-order chi connectivity index (χ0) is 15.6.